The van der Waals surface area contributed by atoms with Gasteiger partial charge in [0.15, 0.2) is 6.10 Å². The quantitative estimate of drug-likeness (QED) is 0.407. The van der Waals surface area contributed by atoms with E-state index in [0.717, 1.165) is 32.6 Å². The number of piperidine rings is 1. The fourth-order valence-corrected chi connectivity index (χ4v) is 5.99. The second-order valence-corrected chi connectivity index (χ2v) is 10.7. The van der Waals surface area contributed by atoms with Gasteiger partial charge in [0.1, 0.15) is 17.8 Å². The first-order valence-corrected chi connectivity index (χ1v) is 13.4. The van der Waals surface area contributed by atoms with E-state index in [0.29, 0.717) is 43.1 Å². The average molecular weight is 565 g/mol. The third kappa shape index (κ3) is 5.35. The number of nitrogens with zero attached hydrogens (tertiary/aromatic N) is 4. The topological polar surface area (TPSA) is 76.8 Å². The van der Waals surface area contributed by atoms with Crippen LogP contribution in [0.25, 0.3) is 0 Å². The number of aryl methyl sites for hydroxylation is 1. The Labute approximate surface area is 225 Å². The number of rotatable bonds is 5. The van der Waals surface area contributed by atoms with Crippen molar-refractivity contribution in [3.8, 4) is 0 Å². The van der Waals surface area contributed by atoms with E-state index in [1.54, 1.807) is 4.90 Å². The lowest BCUT2D eigenvalue weighted by Gasteiger charge is -2.31. The van der Waals surface area contributed by atoms with E-state index < -0.39 is 23.8 Å². The molecule has 1 saturated heterocycles. The molecule has 0 saturated carbocycles. The zero-order valence-corrected chi connectivity index (χ0v) is 21.9. The zero-order chi connectivity index (χ0) is 27.0. The lowest BCUT2D eigenvalue weighted by Crippen LogP contribution is -2.42. The molecule has 1 aromatic carbocycles. The molecule has 3 aromatic rings. The van der Waals surface area contributed by atoms with Gasteiger partial charge in [-0.15, -0.1) is 11.3 Å². The van der Waals surface area contributed by atoms with Crippen LogP contribution in [-0.4, -0.2) is 39.2 Å². The van der Waals surface area contributed by atoms with E-state index in [2.05, 4.69) is 5.16 Å². The van der Waals surface area contributed by atoms with Crippen molar-refractivity contribution >= 4 is 34.6 Å². The lowest BCUT2D eigenvalue weighted by atomic mass is 9.97. The molecule has 200 valence electrons. The van der Waals surface area contributed by atoms with Gasteiger partial charge in [-0.2, -0.15) is 13.2 Å². The number of halogens is 4. The SMILES string of the molecule is Cc1ccc(C(F)(F)F)c(=O)n1CC(=O)N1CCC(c2nc(C3=NOC(c4ccccc4Cl)C3)cs2)CC1. The maximum atomic E-state index is 13.1. The van der Waals surface area contributed by atoms with Gasteiger partial charge < -0.3 is 14.3 Å². The highest BCUT2D eigenvalue weighted by Crippen LogP contribution is 2.35. The first kappa shape index (κ1) is 26.4. The fourth-order valence-electron chi connectivity index (χ4n) is 4.73. The molecule has 2 aliphatic rings. The third-order valence-corrected chi connectivity index (χ3v) is 8.28. The van der Waals surface area contributed by atoms with Gasteiger partial charge >= 0.3 is 6.18 Å². The predicted octanol–water partition coefficient (Wildman–Crippen LogP) is 5.56. The molecule has 0 aliphatic carbocycles. The third-order valence-electron chi connectivity index (χ3n) is 6.93. The Bertz CT molecular complexity index is 1440. The van der Waals surface area contributed by atoms with Gasteiger partial charge in [0.05, 0.1) is 10.7 Å². The second-order valence-electron chi connectivity index (χ2n) is 9.36. The first-order valence-electron chi connectivity index (χ1n) is 12.1. The molecule has 2 aliphatic heterocycles. The molecule has 4 heterocycles. The van der Waals surface area contributed by atoms with E-state index in [9.17, 15) is 22.8 Å². The highest BCUT2D eigenvalue weighted by atomic mass is 35.5. The summed E-state index contributed by atoms with van der Waals surface area (Å²) in [6, 6.07) is 9.46. The molecule has 5 rings (SSSR count). The molecular weight excluding hydrogens is 541 g/mol. The second kappa shape index (κ2) is 10.5. The molecule has 0 N–H and O–H groups in total. The number of pyridine rings is 1. The van der Waals surface area contributed by atoms with Crippen LogP contribution in [0, 0.1) is 6.92 Å². The number of hydrogen-bond acceptors (Lipinski definition) is 6. The molecule has 0 radical (unpaired) electrons. The number of oxime groups is 1. The molecule has 1 unspecified atom stereocenters. The van der Waals surface area contributed by atoms with Gasteiger partial charge in [-0.25, -0.2) is 4.98 Å². The summed E-state index contributed by atoms with van der Waals surface area (Å²) in [7, 11) is 0. The molecule has 1 amide bonds. The number of benzene rings is 1. The molecule has 0 spiro atoms. The number of carbonyl (C=O) groups is 1. The Morgan fingerprint density at radius 3 is 2.63 bits per heavy atom. The summed E-state index contributed by atoms with van der Waals surface area (Å²) in [6.45, 7) is 1.96. The number of hydrogen-bond donors (Lipinski definition) is 0. The average Bonchev–Trinajstić information content (AvgIpc) is 3.56. The summed E-state index contributed by atoms with van der Waals surface area (Å²) in [5.41, 5.74) is 0.223. The van der Waals surface area contributed by atoms with E-state index in [4.69, 9.17) is 21.4 Å². The minimum Gasteiger partial charge on any atom is -0.387 e. The van der Waals surface area contributed by atoms with Crippen molar-refractivity contribution in [2.75, 3.05) is 13.1 Å². The van der Waals surface area contributed by atoms with Crippen LogP contribution < -0.4 is 5.56 Å². The number of alkyl halides is 3. The van der Waals surface area contributed by atoms with Crippen molar-refractivity contribution in [3.05, 3.63) is 84.7 Å². The van der Waals surface area contributed by atoms with Crippen LogP contribution >= 0.6 is 22.9 Å². The van der Waals surface area contributed by atoms with Crippen LogP contribution in [0.3, 0.4) is 0 Å². The highest BCUT2D eigenvalue weighted by Gasteiger charge is 2.35. The van der Waals surface area contributed by atoms with Gasteiger partial charge in [0.2, 0.25) is 5.91 Å². The minimum atomic E-state index is -4.77. The van der Waals surface area contributed by atoms with Crippen LogP contribution in [0.5, 0.6) is 0 Å². The standard InChI is InChI=1S/C26H24ClF3N4O3S/c1-15-6-7-18(26(28,29)30)25(36)34(15)13-23(35)33-10-8-16(9-11-33)24-31-21(14-38-24)20-12-22(37-32-20)17-4-2-3-5-19(17)27/h2-7,14,16,22H,8-13H2,1H3. The minimum absolute atomic E-state index is 0.151. The van der Waals surface area contributed by atoms with E-state index in [1.165, 1.54) is 24.3 Å². The largest absolute Gasteiger partial charge is 0.421 e. The summed E-state index contributed by atoms with van der Waals surface area (Å²) < 4.78 is 40.3. The zero-order valence-electron chi connectivity index (χ0n) is 20.4. The van der Waals surface area contributed by atoms with Crippen molar-refractivity contribution < 1.29 is 22.8 Å². The Kier molecular flexibility index (Phi) is 7.32. The van der Waals surface area contributed by atoms with E-state index in [1.807, 2.05) is 29.6 Å². The molecule has 0 bridgehead atoms. The fraction of sp³-hybridized carbons (Fsp3) is 0.385. The van der Waals surface area contributed by atoms with Crippen molar-refractivity contribution in [2.45, 2.75) is 50.9 Å². The summed E-state index contributed by atoms with van der Waals surface area (Å²) in [5, 5.41) is 7.75. The molecule has 2 aromatic heterocycles. The van der Waals surface area contributed by atoms with Gasteiger partial charge in [-0.1, -0.05) is 35.0 Å². The van der Waals surface area contributed by atoms with Crippen LogP contribution in [0.1, 0.15) is 58.8 Å². The van der Waals surface area contributed by atoms with Crippen molar-refractivity contribution in [1.82, 2.24) is 14.5 Å². The van der Waals surface area contributed by atoms with Crippen molar-refractivity contribution in [3.63, 3.8) is 0 Å². The predicted molar refractivity (Wildman–Crippen MR) is 138 cm³/mol. The highest BCUT2D eigenvalue weighted by molar-refractivity contribution is 7.10. The van der Waals surface area contributed by atoms with Crippen molar-refractivity contribution in [2.24, 2.45) is 5.16 Å². The maximum absolute atomic E-state index is 13.1. The molecule has 38 heavy (non-hydrogen) atoms. The lowest BCUT2D eigenvalue weighted by molar-refractivity contribution is -0.139. The number of carbonyl (C=O) groups excluding carboxylic acids is 1. The summed E-state index contributed by atoms with van der Waals surface area (Å²) in [5.74, 6) is -0.228. The van der Waals surface area contributed by atoms with Crippen LogP contribution in [-0.2, 0) is 22.4 Å². The van der Waals surface area contributed by atoms with Crippen LogP contribution in [0.4, 0.5) is 13.2 Å². The Hall–Kier alpha value is -3.18. The Balaban J connectivity index is 1.19. The Morgan fingerprint density at radius 1 is 1.18 bits per heavy atom. The summed E-state index contributed by atoms with van der Waals surface area (Å²) >= 11 is 7.82. The number of amides is 1. The van der Waals surface area contributed by atoms with Crippen LogP contribution in [0.15, 0.2) is 51.7 Å². The van der Waals surface area contributed by atoms with E-state index in [-0.39, 0.29) is 17.9 Å². The normalized spacial score (nSPS) is 18.4. The smallest absolute Gasteiger partial charge is 0.387 e. The van der Waals surface area contributed by atoms with E-state index >= 15 is 0 Å². The Morgan fingerprint density at radius 2 is 1.92 bits per heavy atom. The number of likely N-dealkylation sites (tertiary alicyclic amines) is 1. The summed E-state index contributed by atoms with van der Waals surface area (Å²) in [4.78, 5) is 37.2. The van der Waals surface area contributed by atoms with Crippen molar-refractivity contribution in [1.29, 1.82) is 0 Å². The van der Waals surface area contributed by atoms with Gasteiger partial charge in [-0.3, -0.25) is 9.59 Å². The monoisotopic (exact) mass is 564 g/mol. The first-order chi connectivity index (χ1) is 18.1. The molecular formula is C26H24ClF3N4O3S. The number of thiazole rings is 1. The number of aromatic nitrogens is 2. The van der Waals surface area contributed by atoms with Crippen LogP contribution in [0.2, 0.25) is 5.02 Å². The molecule has 7 nitrogen and oxygen atoms in total. The maximum Gasteiger partial charge on any atom is 0.421 e. The van der Waals surface area contributed by atoms with Gasteiger partial charge in [0.25, 0.3) is 5.56 Å². The molecule has 1 fully saturated rings. The molecule has 1 atom stereocenters. The van der Waals surface area contributed by atoms with Gasteiger partial charge in [-0.05, 0) is 38.0 Å². The van der Waals surface area contributed by atoms with Gasteiger partial charge in [0, 0.05) is 47.1 Å². The summed E-state index contributed by atoms with van der Waals surface area (Å²) in [6.07, 6.45) is -3.13. The molecule has 12 heteroatoms.